The lowest BCUT2D eigenvalue weighted by atomic mass is 10.0. The first kappa shape index (κ1) is 13.2. The van der Waals surface area contributed by atoms with Crippen LogP contribution in [0.3, 0.4) is 0 Å². The van der Waals surface area contributed by atoms with Crippen LogP contribution in [0.2, 0.25) is 0 Å². The summed E-state index contributed by atoms with van der Waals surface area (Å²) in [6.07, 6.45) is 0.0397. The molecule has 0 radical (unpaired) electrons. The minimum Gasteiger partial charge on any atom is -0.387 e. The lowest BCUT2D eigenvalue weighted by Crippen LogP contribution is -2.30. The summed E-state index contributed by atoms with van der Waals surface area (Å²) >= 11 is 0. The number of aliphatic hydroxyl groups is 2. The molecule has 2 aromatic rings. The summed E-state index contributed by atoms with van der Waals surface area (Å²) in [5.74, 6) is -0.0204. The number of nitrogens with zero attached hydrogens (tertiary/aromatic N) is 2. The van der Waals surface area contributed by atoms with E-state index in [2.05, 4.69) is 9.97 Å². The quantitative estimate of drug-likeness (QED) is 0.831. The highest BCUT2D eigenvalue weighted by molar-refractivity contribution is 7.92. The molecule has 1 aliphatic rings. The Hall–Kier alpha value is -1.83. The molecule has 0 fully saturated rings. The maximum absolute atomic E-state index is 12.4. The zero-order valence-electron chi connectivity index (χ0n) is 10.3. The van der Waals surface area contributed by atoms with Crippen molar-refractivity contribution in [3.63, 3.8) is 0 Å². The maximum Gasteiger partial charge on any atom is 0.187 e. The van der Waals surface area contributed by atoms with Gasteiger partial charge in [0.25, 0.3) is 0 Å². The SMILES string of the molecule is O=S1(=O)c2ccccc2C(O)C1C(O)c1ncccn1. The first-order valence-corrected chi connectivity index (χ1v) is 7.54. The molecule has 6 nitrogen and oxygen atoms in total. The van der Waals surface area contributed by atoms with Crippen LogP contribution in [0.25, 0.3) is 0 Å². The molecule has 2 heterocycles. The summed E-state index contributed by atoms with van der Waals surface area (Å²) < 4.78 is 24.9. The normalized spacial score (nSPS) is 25.1. The van der Waals surface area contributed by atoms with Gasteiger partial charge in [-0.25, -0.2) is 18.4 Å². The fraction of sp³-hybridized carbons (Fsp3) is 0.231. The van der Waals surface area contributed by atoms with Gasteiger partial charge in [-0.05, 0) is 12.1 Å². The number of aliphatic hydroxyl groups excluding tert-OH is 2. The molecule has 104 valence electrons. The molecule has 1 aromatic heterocycles. The Kier molecular flexibility index (Phi) is 3.04. The molecule has 20 heavy (non-hydrogen) atoms. The van der Waals surface area contributed by atoms with E-state index in [1.54, 1.807) is 18.2 Å². The first-order valence-electron chi connectivity index (χ1n) is 5.99. The van der Waals surface area contributed by atoms with Gasteiger partial charge in [-0.2, -0.15) is 0 Å². The molecular formula is C13H12N2O4S. The van der Waals surface area contributed by atoms with Gasteiger partial charge in [-0.3, -0.25) is 0 Å². The molecule has 0 saturated heterocycles. The van der Waals surface area contributed by atoms with Crippen molar-refractivity contribution in [3.05, 3.63) is 54.1 Å². The second kappa shape index (κ2) is 4.62. The fourth-order valence-corrected chi connectivity index (χ4v) is 4.46. The highest BCUT2D eigenvalue weighted by atomic mass is 32.2. The van der Waals surface area contributed by atoms with Crippen molar-refractivity contribution in [2.45, 2.75) is 22.4 Å². The van der Waals surface area contributed by atoms with Crippen molar-refractivity contribution < 1.29 is 18.6 Å². The Morgan fingerprint density at radius 3 is 2.40 bits per heavy atom. The fourth-order valence-electron chi connectivity index (χ4n) is 2.43. The van der Waals surface area contributed by atoms with Crippen molar-refractivity contribution in [1.82, 2.24) is 9.97 Å². The molecule has 0 saturated carbocycles. The van der Waals surface area contributed by atoms with Gasteiger partial charge in [0, 0.05) is 18.0 Å². The predicted molar refractivity (Wildman–Crippen MR) is 69.4 cm³/mol. The van der Waals surface area contributed by atoms with Gasteiger partial charge in [0.2, 0.25) is 0 Å². The minimum atomic E-state index is -3.82. The Bertz CT molecular complexity index is 733. The van der Waals surface area contributed by atoms with Crippen LogP contribution >= 0.6 is 0 Å². The predicted octanol–water partition coefficient (Wildman–Crippen LogP) is 0.400. The molecule has 3 atom stereocenters. The molecule has 0 aliphatic carbocycles. The standard InChI is InChI=1S/C13H12N2O4S/c16-10-8-4-1-2-5-9(8)20(18,19)12(10)11(17)13-14-6-3-7-15-13/h1-7,10-12,16-17H. The third kappa shape index (κ3) is 1.82. The van der Waals surface area contributed by atoms with Gasteiger partial charge >= 0.3 is 0 Å². The van der Waals surface area contributed by atoms with Crippen LogP contribution in [0.4, 0.5) is 0 Å². The van der Waals surface area contributed by atoms with E-state index in [1.165, 1.54) is 24.5 Å². The number of rotatable bonds is 2. The molecule has 1 aliphatic heterocycles. The summed E-state index contributed by atoms with van der Waals surface area (Å²) in [7, 11) is -3.82. The average molecular weight is 292 g/mol. The largest absolute Gasteiger partial charge is 0.387 e. The summed E-state index contributed by atoms with van der Waals surface area (Å²) in [6.45, 7) is 0. The lowest BCUT2D eigenvalue weighted by molar-refractivity contribution is 0.0835. The third-order valence-electron chi connectivity index (χ3n) is 3.38. The van der Waals surface area contributed by atoms with E-state index in [0.717, 1.165) is 0 Å². The van der Waals surface area contributed by atoms with Gasteiger partial charge in [-0.15, -0.1) is 0 Å². The third-order valence-corrected chi connectivity index (χ3v) is 5.59. The van der Waals surface area contributed by atoms with Crippen LogP contribution in [-0.2, 0) is 9.84 Å². The van der Waals surface area contributed by atoms with Gasteiger partial charge in [-0.1, -0.05) is 18.2 Å². The van der Waals surface area contributed by atoms with Crippen molar-refractivity contribution >= 4 is 9.84 Å². The summed E-state index contributed by atoms with van der Waals surface area (Å²) in [5.41, 5.74) is 0.299. The Morgan fingerprint density at radius 2 is 1.75 bits per heavy atom. The second-order valence-corrected chi connectivity index (χ2v) is 6.62. The van der Waals surface area contributed by atoms with Gasteiger partial charge in [0.05, 0.1) is 4.90 Å². The van der Waals surface area contributed by atoms with Crippen LogP contribution in [0.1, 0.15) is 23.6 Å². The zero-order valence-corrected chi connectivity index (χ0v) is 11.1. The summed E-state index contributed by atoms with van der Waals surface area (Å²) in [5, 5.41) is 19.1. The lowest BCUT2D eigenvalue weighted by Gasteiger charge is -2.19. The Morgan fingerprint density at radius 1 is 1.10 bits per heavy atom. The molecule has 0 spiro atoms. The van der Waals surface area contributed by atoms with E-state index in [9.17, 15) is 18.6 Å². The summed E-state index contributed by atoms with van der Waals surface area (Å²) in [6, 6.07) is 7.75. The van der Waals surface area contributed by atoms with Crippen LogP contribution in [0, 0.1) is 0 Å². The second-order valence-electron chi connectivity index (χ2n) is 4.54. The van der Waals surface area contributed by atoms with E-state index in [4.69, 9.17) is 0 Å². The van der Waals surface area contributed by atoms with Crippen molar-refractivity contribution in [2.75, 3.05) is 0 Å². The van der Waals surface area contributed by atoms with E-state index in [0.29, 0.717) is 5.56 Å². The Labute approximate surface area is 115 Å². The molecule has 0 bridgehead atoms. The smallest absolute Gasteiger partial charge is 0.187 e. The van der Waals surface area contributed by atoms with Crippen LogP contribution in [-0.4, -0.2) is 33.8 Å². The minimum absolute atomic E-state index is 0.0204. The monoisotopic (exact) mass is 292 g/mol. The van der Waals surface area contributed by atoms with E-state index < -0.39 is 27.3 Å². The molecule has 3 rings (SSSR count). The maximum atomic E-state index is 12.4. The van der Waals surface area contributed by atoms with Gasteiger partial charge < -0.3 is 10.2 Å². The van der Waals surface area contributed by atoms with Crippen LogP contribution in [0.15, 0.2) is 47.6 Å². The Balaban J connectivity index is 2.09. The number of aromatic nitrogens is 2. The number of fused-ring (bicyclic) bond motifs is 1. The topological polar surface area (TPSA) is 100 Å². The van der Waals surface area contributed by atoms with Gasteiger partial charge in [0.1, 0.15) is 17.5 Å². The van der Waals surface area contributed by atoms with Crippen LogP contribution < -0.4 is 0 Å². The number of hydrogen-bond acceptors (Lipinski definition) is 6. The molecule has 3 unspecified atom stereocenters. The molecule has 7 heteroatoms. The average Bonchev–Trinajstić information content (AvgIpc) is 2.67. The van der Waals surface area contributed by atoms with E-state index in [-0.39, 0.29) is 10.7 Å². The summed E-state index contributed by atoms with van der Waals surface area (Å²) in [4.78, 5) is 7.75. The highest BCUT2D eigenvalue weighted by Gasteiger charge is 2.49. The number of sulfone groups is 1. The molecule has 2 N–H and O–H groups in total. The molecule has 1 aromatic carbocycles. The number of hydrogen-bond donors (Lipinski definition) is 2. The molecular weight excluding hydrogens is 280 g/mol. The van der Waals surface area contributed by atoms with E-state index >= 15 is 0 Å². The first-order chi connectivity index (χ1) is 9.53. The van der Waals surface area contributed by atoms with E-state index in [1.807, 2.05) is 0 Å². The zero-order chi connectivity index (χ0) is 14.3. The number of benzene rings is 1. The molecule has 0 amide bonds. The van der Waals surface area contributed by atoms with Crippen LogP contribution in [0.5, 0.6) is 0 Å². The van der Waals surface area contributed by atoms with Crippen molar-refractivity contribution in [1.29, 1.82) is 0 Å². The van der Waals surface area contributed by atoms with Crippen molar-refractivity contribution in [2.24, 2.45) is 0 Å². The van der Waals surface area contributed by atoms with Gasteiger partial charge in [0.15, 0.2) is 15.7 Å². The van der Waals surface area contributed by atoms with Crippen molar-refractivity contribution in [3.8, 4) is 0 Å². The highest BCUT2D eigenvalue weighted by Crippen LogP contribution is 2.43.